The van der Waals surface area contributed by atoms with Crippen molar-refractivity contribution in [3.05, 3.63) is 65.3 Å². The van der Waals surface area contributed by atoms with Crippen molar-refractivity contribution in [2.24, 2.45) is 0 Å². The summed E-state index contributed by atoms with van der Waals surface area (Å²) in [5.74, 6) is 1.47. The van der Waals surface area contributed by atoms with Gasteiger partial charge in [0, 0.05) is 12.7 Å². The maximum atomic E-state index is 5.37. The highest BCUT2D eigenvalue weighted by atomic mass is 32.1. The third-order valence-electron chi connectivity index (χ3n) is 3.93. The van der Waals surface area contributed by atoms with Crippen LogP contribution in [-0.4, -0.2) is 25.7 Å². The van der Waals surface area contributed by atoms with Crippen molar-refractivity contribution in [2.45, 2.75) is 13.0 Å². The van der Waals surface area contributed by atoms with Crippen LogP contribution in [0.15, 0.2) is 54.7 Å². The summed E-state index contributed by atoms with van der Waals surface area (Å²) in [6.45, 7) is 1.72. The highest BCUT2D eigenvalue weighted by molar-refractivity contribution is 7.15. The maximum absolute atomic E-state index is 5.37. The first-order chi connectivity index (χ1) is 12.3. The lowest BCUT2D eigenvalue weighted by atomic mass is 10.1. The summed E-state index contributed by atoms with van der Waals surface area (Å²) in [4.78, 5) is 5.64. The number of thiazole rings is 1. The number of hydrogen-bond acceptors (Lipinski definition) is 5. The Morgan fingerprint density at radius 3 is 2.56 bits per heavy atom. The molecule has 0 aliphatic carbocycles. The van der Waals surface area contributed by atoms with Gasteiger partial charge in [-0.1, -0.05) is 30.3 Å². The zero-order chi connectivity index (χ0) is 17.5. The Bertz CT molecular complexity index is 802. The molecule has 3 aromatic rings. The molecule has 5 heteroatoms. The van der Waals surface area contributed by atoms with E-state index in [0.29, 0.717) is 0 Å². The molecule has 2 aromatic carbocycles. The first-order valence-corrected chi connectivity index (χ1v) is 9.03. The van der Waals surface area contributed by atoms with Crippen molar-refractivity contribution in [3.63, 3.8) is 0 Å². The van der Waals surface area contributed by atoms with E-state index < -0.39 is 0 Å². The molecule has 4 nitrogen and oxygen atoms in total. The normalized spacial score (nSPS) is 10.6. The maximum Gasteiger partial charge on any atom is 0.161 e. The van der Waals surface area contributed by atoms with Gasteiger partial charge in [-0.2, -0.15) is 0 Å². The van der Waals surface area contributed by atoms with Crippen LogP contribution in [0.5, 0.6) is 11.5 Å². The highest BCUT2D eigenvalue weighted by Gasteiger charge is 2.09. The topological polar surface area (TPSA) is 43.4 Å². The van der Waals surface area contributed by atoms with Crippen LogP contribution in [-0.2, 0) is 13.0 Å². The number of rotatable bonds is 8. The van der Waals surface area contributed by atoms with Gasteiger partial charge < -0.3 is 14.8 Å². The molecule has 0 saturated heterocycles. The largest absolute Gasteiger partial charge is 0.493 e. The van der Waals surface area contributed by atoms with Crippen molar-refractivity contribution in [1.29, 1.82) is 0 Å². The van der Waals surface area contributed by atoms with Gasteiger partial charge in [0.15, 0.2) is 11.5 Å². The smallest absolute Gasteiger partial charge is 0.161 e. The molecular weight excluding hydrogens is 332 g/mol. The van der Waals surface area contributed by atoms with E-state index in [1.165, 1.54) is 5.56 Å². The Kier molecular flexibility index (Phi) is 6.04. The standard InChI is InChI=1S/C20H22N2O2S/c1-23-17-9-8-16(12-18(17)24-2)19-13-22-20(25-19)14-21-11-10-15-6-4-3-5-7-15/h3-9,12-13,21H,10-11,14H2,1-2H3. The minimum absolute atomic E-state index is 0.732. The Morgan fingerprint density at radius 1 is 1.00 bits per heavy atom. The molecule has 0 spiro atoms. The fourth-order valence-electron chi connectivity index (χ4n) is 2.59. The summed E-state index contributed by atoms with van der Waals surface area (Å²) >= 11 is 1.69. The summed E-state index contributed by atoms with van der Waals surface area (Å²) in [7, 11) is 3.29. The molecule has 0 bridgehead atoms. The molecule has 0 saturated carbocycles. The number of ether oxygens (including phenoxy) is 2. The molecule has 0 aliphatic rings. The van der Waals surface area contributed by atoms with Gasteiger partial charge in [-0.25, -0.2) is 4.98 Å². The monoisotopic (exact) mass is 354 g/mol. The highest BCUT2D eigenvalue weighted by Crippen LogP contribution is 2.34. The van der Waals surface area contributed by atoms with E-state index in [-0.39, 0.29) is 0 Å². The molecule has 3 rings (SSSR count). The second-order valence-electron chi connectivity index (χ2n) is 5.60. The molecule has 130 valence electrons. The number of hydrogen-bond donors (Lipinski definition) is 1. The second kappa shape index (κ2) is 8.65. The predicted molar refractivity (Wildman–Crippen MR) is 103 cm³/mol. The van der Waals surface area contributed by atoms with Gasteiger partial charge in [-0.15, -0.1) is 11.3 Å². The molecule has 1 aromatic heterocycles. The first kappa shape index (κ1) is 17.5. The minimum atomic E-state index is 0.732. The molecule has 0 amide bonds. The van der Waals surface area contributed by atoms with Crippen LogP contribution in [0.4, 0.5) is 0 Å². The van der Waals surface area contributed by atoms with E-state index in [9.17, 15) is 0 Å². The molecular formula is C20H22N2O2S. The van der Waals surface area contributed by atoms with Crippen LogP contribution < -0.4 is 14.8 Å². The molecule has 0 atom stereocenters. The number of nitrogens with one attached hydrogen (secondary N) is 1. The lowest BCUT2D eigenvalue weighted by Crippen LogP contribution is -2.16. The predicted octanol–water partition coefficient (Wildman–Crippen LogP) is 4.16. The van der Waals surface area contributed by atoms with E-state index in [2.05, 4.69) is 34.6 Å². The third kappa shape index (κ3) is 4.59. The lowest BCUT2D eigenvalue weighted by Gasteiger charge is -2.08. The molecule has 0 unspecified atom stereocenters. The first-order valence-electron chi connectivity index (χ1n) is 8.22. The quantitative estimate of drug-likeness (QED) is 0.617. The van der Waals surface area contributed by atoms with Crippen LogP contribution in [0.3, 0.4) is 0 Å². The Balaban J connectivity index is 1.57. The minimum Gasteiger partial charge on any atom is -0.493 e. The molecule has 0 aliphatic heterocycles. The van der Waals surface area contributed by atoms with Gasteiger partial charge in [0.25, 0.3) is 0 Å². The molecule has 0 radical (unpaired) electrons. The van der Waals surface area contributed by atoms with Crippen LogP contribution in [0, 0.1) is 0 Å². The molecule has 25 heavy (non-hydrogen) atoms. The van der Waals surface area contributed by atoms with Crippen molar-refractivity contribution in [3.8, 4) is 21.9 Å². The lowest BCUT2D eigenvalue weighted by molar-refractivity contribution is 0.355. The summed E-state index contributed by atoms with van der Waals surface area (Å²) in [6, 6.07) is 16.4. The summed E-state index contributed by atoms with van der Waals surface area (Å²) < 4.78 is 10.7. The number of aromatic nitrogens is 1. The Morgan fingerprint density at radius 2 is 1.80 bits per heavy atom. The fraction of sp³-hybridized carbons (Fsp3) is 0.250. The SMILES string of the molecule is COc1ccc(-c2cnc(CNCCc3ccccc3)s2)cc1OC. The average Bonchev–Trinajstić information content (AvgIpc) is 3.14. The van der Waals surface area contributed by atoms with E-state index in [1.54, 1.807) is 25.6 Å². The van der Waals surface area contributed by atoms with Crippen molar-refractivity contribution in [2.75, 3.05) is 20.8 Å². The van der Waals surface area contributed by atoms with E-state index in [0.717, 1.165) is 46.5 Å². The van der Waals surface area contributed by atoms with Gasteiger partial charge in [0.1, 0.15) is 5.01 Å². The Hall–Kier alpha value is -2.37. The average molecular weight is 354 g/mol. The van der Waals surface area contributed by atoms with Gasteiger partial charge >= 0.3 is 0 Å². The zero-order valence-electron chi connectivity index (χ0n) is 14.5. The van der Waals surface area contributed by atoms with Crippen LogP contribution in [0.2, 0.25) is 0 Å². The summed E-state index contributed by atoms with van der Waals surface area (Å²) in [5, 5.41) is 4.54. The summed E-state index contributed by atoms with van der Waals surface area (Å²) in [5.41, 5.74) is 2.44. The number of benzene rings is 2. The van der Waals surface area contributed by atoms with E-state index in [1.807, 2.05) is 30.5 Å². The fourth-order valence-corrected chi connectivity index (χ4v) is 3.47. The second-order valence-corrected chi connectivity index (χ2v) is 6.72. The third-order valence-corrected chi connectivity index (χ3v) is 4.98. The molecule has 0 fully saturated rings. The van der Waals surface area contributed by atoms with Crippen LogP contribution >= 0.6 is 11.3 Å². The van der Waals surface area contributed by atoms with Crippen LogP contribution in [0.1, 0.15) is 10.6 Å². The van der Waals surface area contributed by atoms with E-state index in [4.69, 9.17) is 9.47 Å². The number of nitrogens with zero attached hydrogens (tertiary/aromatic N) is 1. The molecule has 1 N–H and O–H groups in total. The Labute approximate surface area is 152 Å². The van der Waals surface area contributed by atoms with Crippen LogP contribution in [0.25, 0.3) is 10.4 Å². The van der Waals surface area contributed by atoms with Crippen molar-refractivity contribution < 1.29 is 9.47 Å². The van der Waals surface area contributed by atoms with Crippen molar-refractivity contribution >= 4 is 11.3 Å². The van der Waals surface area contributed by atoms with Gasteiger partial charge in [-0.05, 0) is 42.3 Å². The van der Waals surface area contributed by atoms with Crippen molar-refractivity contribution in [1.82, 2.24) is 10.3 Å². The van der Waals surface area contributed by atoms with Gasteiger partial charge in [0.2, 0.25) is 0 Å². The number of methoxy groups -OCH3 is 2. The van der Waals surface area contributed by atoms with Gasteiger partial charge in [0.05, 0.1) is 19.1 Å². The van der Waals surface area contributed by atoms with E-state index >= 15 is 0 Å². The molecule has 1 heterocycles. The van der Waals surface area contributed by atoms with Gasteiger partial charge in [-0.3, -0.25) is 0 Å². The zero-order valence-corrected chi connectivity index (χ0v) is 15.3. The summed E-state index contributed by atoms with van der Waals surface area (Å²) in [6.07, 6.45) is 2.94.